The zero-order valence-corrected chi connectivity index (χ0v) is 22.8. The summed E-state index contributed by atoms with van der Waals surface area (Å²) in [7, 11) is 0. The van der Waals surface area contributed by atoms with Crippen LogP contribution >= 0.6 is 11.3 Å². The maximum absolute atomic E-state index is 14.9. The lowest BCUT2D eigenvalue weighted by Gasteiger charge is -2.37. The number of amides is 2. The molecular weight excluding hydrogens is 545 g/mol. The highest BCUT2D eigenvalue weighted by Gasteiger charge is 2.46. The molecule has 2 amide bonds. The van der Waals surface area contributed by atoms with Crippen molar-refractivity contribution in [2.45, 2.75) is 44.6 Å². The number of nitrogens with one attached hydrogen (secondary N) is 2. The number of morpholine rings is 1. The number of benzene rings is 2. The van der Waals surface area contributed by atoms with E-state index in [1.807, 2.05) is 37.4 Å². The van der Waals surface area contributed by atoms with Crippen LogP contribution in [-0.4, -0.2) is 61.7 Å². The van der Waals surface area contributed by atoms with E-state index >= 15 is 0 Å². The Bertz CT molecular complexity index is 1390. The van der Waals surface area contributed by atoms with E-state index in [-0.39, 0.29) is 42.2 Å². The molecule has 0 aliphatic carbocycles. The van der Waals surface area contributed by atoms with E-state index in [2.05, 4.69) is 26.6 Å². The van der Waals surface area contributed by atoms with E-state index in [4.69, 9.17) is 9.47 Å². The zero-order valence-electron chi connectivity index (χ0n) is 22.0. The number of ether oxygens (including phenoxy) is 2. The van der Waals surface area contributed by atoms with Crippen molar-refractivity contribution in [3.05, 3.63) is 59.0 Å². The quantitative estimate of drug-likeness (QED) is 0.413. The molecule has 1 fully saturated rings. The van der Waals surface area contributed by atoms with Gasteiger partial charge in [0.2, 0.25) is 11.6 Å². The van der Waals surface area contributed by atoms with Crippen molar-refractivity contribution in [3.8, 4) is 17.0 Å². The number of carbonyl (C=O) groups is 2. The second-order valence-corrected chi connectivity index (χ2v) is 10.8. The summed E-state index contributed by atoms with van der Waals surface area (Å²) >= 11 is 1.25. The van der Waals surface area contributed by atoms with Crippen LogP contribution in [0.25, 0.3) is 11.3 Å². The standard InChI is InChI=1S/C28H29F3N4O4S/c1-16-13-35(14-17(2)39-16)20-5-3-4-18(10-20)22-15-40-27(33-22)34-24(36)12-32-25(37)19-6-7-23-21(11-19)28(31,26(29)30)8-9-38-23/h3-7,10-11,15-17,26H,8-9,12-14H2,1-2H3,(H,32,37)(H,33,34,36)/t16-,17+,28-/m0/s1. The van der Waals surface area contributed by atoms with Gasteiger partial charge in [-0.15, -0.1) is 11.3 Å². The van der Waals surface area contributed by atoms with Gasteiger partial charge in [-0.2, -0.15) is 0 Å². The minimum atomic E-state index is -3.27. The number of fused-ring (bicyclic) bond motifs is 1. The van der Waals surface area contributed by atoms with Crippen LogP contribution in [0.2, 0.25) is 0 Å². The van der Waals surface area contributed by atoms with Crippen LogP contribution in [0.15, 0.2) is 47.8 Å². The van der Waals surface area contributed by atoms with Gasteiger partial charge in [0.15, 0.2) is 5.13 Å². The van der Waals surface area contributed by atoms with E-state index in [1.165, 1.54) is 23.5 Å². The Morgan fingerprint density at radius 3 is 2.70 bits per heavy atom. The third-order valence-electron chi connectivity index (χ3n) is 6.85. The van der Waals surface area contributed by atoms with Crippen molar-refractivity contribution in [2.75, 3.05) is 36.5 Å². The Balaban J connectivity index is 1.19. The lowest BCUT2D eigenvalue weighted by molar-refractivity contribution is -0.115. The molecule has 3 aromatic rings. The molecule has 0 unspecified atom stereocenters. The molecule has 0 saturated carbocycles. The van der Waals surface area contributed by atoms with Gasteiger partial charge in [0, 0.05) is 47.3 Å². The molecule has 2 aromatic carbocycles. The molecule has 0 spiro atoms. The number of anilines is 2. The van der Waals surface area contributed by atoms with Crippen molar-refractivity contribution in [2.24, 2.45) is 0 Å². The molecule has 3 atom stereocenters. The van der Waals surface area contributed by atoms with Crippen LogP contribution in [-0.2, 0) is 15.2 Å². The van der Waals surface area contributed by atoms with Crippen molar-refractivity contribution in [3.63, 3.8) is 0 Å². The first-order chi connectivity index (χ1) is 19.1. The number of aromatic nitrogens is 1. The summed E-state index contributed by atoms with van der Waals surface area (Å²) in [6, 6.07) is 11.7. The van der Waals surface area contributed by atoms with Gasteiger partial charge >= 0.3 is 0 Å². The van der Waals surface area contributed by atoms with Crippen molar-refractivity contribution in [1.29, 1.82) is 0 Å². The van der Waals surface area contributed by atoms with Crippen LogP contribution in [0.4, 0.5) is 24.0 Å². The largest absolute Gasteiger partial charge is 0.493 e. The van der Waals surface area contributed by atoms with E-state index in [9.17, 15) is 22.8 Å². The molecule has 1 aromatic heterocycles. The second-order valence-electron chi connectivity index (χ2n) is 9.95. The van der Waals surface area contributed by atoms with Gasteiger partial charge in [0.1, 0.15) is 5.75 Å². The number of alkyl halides is 3. The first kappa shape index (κ1) is 27.9. The molecule has 212 valence electrons. The Labute approximate surface area is 233 Å². The predicted octanol–water partition coefficient (Wildman–Crippen LogP) is 5.00. The smallest absolute Gasteiger partial charge is 0.276 e. The number of hydrogen-bond donors (Lipinski definition) is 2. The minimum Gasteiger partial charge on any atom is -0.493 e. The first-order valence-electron chi connectivity index (χ1n) is 12.9. The molecule has 40 heavy (non-hydrogen) atoms. The molecule has 0 radical (unpaired) electrons. The van der Waals surface area contributed by atoms with Gasteiger partial charge in [-0.05, 0) is 44.2 Å². The molecule has 12 heteroatoms. The minimum absolute atomic E-state index is 0.0254. The van der Waals surface area contributed by atoms with Gasteiger partial charge in [0.05, 0.1) is 31.1 Å². The van der Waals surface area contributed by atoms with E-state index in [0.29, 0.717) is 10.8 Å². The van der Waals surface area contributed by atoms with Crippen molar-refractivity contribution in [1.82, 2.24) is 10.3 Å². The average Bonchev–Trinajstić information content (AvgIpc) is 3.39. The average molecular weight is 575 g/mol. The number of carbonyl (C=O) groups excluding carboxylic acids is 2. The van der Waals surface area contributed by atoms with Crippen LogP contribution in [0.3, 0.4) is 0 Å². The predicted molar refractivity (Wildman–Crippen MR) is 146 cm³/mol. The molecule has 2 aliphatic rings. The fourth-order valence-electron chi connectivity index (χ4n) is 4.93. The molecule has 0 bridgehead atoms. The molecule has 2 aliphatic heterocycles. The Morgan fingerprint density at radius 2 is 1.95 bits per heavy atom. The number of nitrogens with zero attached hydrogens (tertiary/aromatic N) is 2. The topological polar surface area (TPSA) is 92.8 Å². The van der Waals surface area contributed by atoms with Crippen molar-refractivity contribution >= 4 is 34.0 Å². The second kappa shape index (κ2) is 11.5. The fraction of sp³-hybridized carbons (Fsp3) is 0.393. The summed E-state index contributed by atoms with van der Waals surface area (Å²) in [5.74, 6) is -1.25. The maximum Gasteiger partial charge on any atom is 0.276 e. The van der Waals surface area contributed by atoms with E-state index in [0.717, 1.165) is 30.4 Å². The van der Waals surface area contributed by atoms with E-state index in [1.54, 1.807) is 0 Å². The van der Waals surface area contributed by atoms with Gasteiger partial charge < -0.3 is 25.0 Å². The van der Waals surface area contributed by atoms with Gasteiger partial charge in [-0.25, -0.2) is 18.2 Å². The monoisotopic (exact) mass is 574 g/mol. The molecule has 1 saturated heterocycles. The lowest BCUT2D eigenvalue weighted by Crippen LogP contribution is -2.45. The first-order valence-corrected chi connectivity index (χ1v) is 13.8. The van der Waals surface area contributed by atoms with Gasteiger partial charge in [-0.3, -0.25) is 9.59 Å². The summed E-state index contributed by atoms with van der Waals surface area (Å²) in [5.41, 5.74) is -0.664. The number of thiazole rings is 1. The molecule has 2 N–H and O–H groups in total. The van der Waals surface area contributed by atoms with Crippen LogP contribution in [0.1, 0.15) is 36.2 Å². The summed E-state index contributed by atoms with van der Waals surface area (Å²) < 4.78 is 52.9. The molecule has 8 nitrogen and oxygen atoms in total. The Morgan fingerprint density at radius 1 is 1.18 bits per heavy atom. The highest BCUT2D eigenvalue weighted by atomic mass is 32.1. The SMILES string of the molecule is C[C@@H]1CN(c2cccc(-c3csc(NC(=O)CNC(=O)c4ccc5c(c4)[C@](F)(C(F)F)CCO5)n3)c2)C[C@H](C)O1. The Hall–Kier alpha value is -3.64. The maximum atomic E-state index is 14.9. The van der Waals surface area contributed by atoms with E-state index < -0.39 is 30.3 Å². The highest BCUT2D eigenvalue weighted by molar-refractivity contribution is 7.14. The lowest BCUT2D eigenvalue weighted by atomic mass is 9.89. The molecule has 5 rings (SSSR count). The normalized spacial score (nSPS) is 22.4. The number of hydrogen-bond acceptors (Lipinski definition) is 7. The third-order valence-corrected chi connectivity index (χ3v) is 7.60. The molecule has 3 heterocycles. The number of halogens is 3. The Kier molecular flexibility index (Phi) is 7.99. The van der Waals surface area contributed by atoms with Crippen molar-refractivity contribution < 1.29 is 32.2 Å². The van der Waals surface area contributed by atoms with Crippen LogP contribution in [0, 0.1) is 0 Å². The van der Waals surface area contributed by atoms with Gasteiger partial charge in [-0.1, -0.05) is 12.1 Å². The highest BCUT2D eigenvalue weighted by Crippen LogP contribution is 2.44. The van der Waals surface area contributed by atoms with Crippen LogP contribution in [0.5, 0.6) is 5.75 Å². The zero-order chi connectivity index (χ0) is 28.4. The summed E-state index contributed by atoms with van der Waals surface area (Å²) in [5, 5.41) is 7.28. The summed E-state index contributed by atoms with van der Waals surface area (Å²) in [4.78, 5) is 31.9. The van der Waals surface area contributed by atoms with Crippen LogP contribution < -0.4 is 20.3 Å². The van der Waals surface area contributed by atoms with Gasteiger partial charge in [0.25, 0.3) is 12.3 Å². The summed E-state index contributed by atoms with van der Waals surface area (Å²) in [6.45, 7) is 5.10. The molecular formula is C28H29F3N4O4S. The fourth-order valence-corrected chi connectivity index (χ4v) is 5.67. The third kappa shape index (κ3) is 5.92. The summed E-state index contributed by atoms with van der Waals surface area (Å²) in [6.07, 6.45) is -3.52. The number of rotatable bonds is 7.